The Hall–Kier alpha value is -0.220. The van der Waals surface area contributed by atoms with E-state index in [4.69, 9.17) is 0 Å². The summed E-state index contributed by atoms with van der Waals surface area (Å²) < 4.78 is 0. The molecule has 0 atom stereocenters. The lowest BCUT2D eigenvalue weighted by molar-refractivity contribution is 0.719. The predicted octanol–water partition coefficient (Wildman–Crippen LogP) is 4.05. The summed E-state index contributed by atoms with van der Waals surface area (Å²) in [6.45, 7) is 11.4. The van der Waals surface area contributed by atoms with Gasteiger partial charge in [-0.3, -0.25) is 0 Å². The number of aryl methyl sites for hydroxylation is 2. The topological polar surface area (TPSA) is 0 Å². The van der Waals surface area contributed by atoms with Gasteiger partial charge in [0.2, 0.25) is 0 Å². The maximum atomic E-state index is 2.44. The van der Waals surface area contributed by atoms with Crippen LogP contribution < -0.4 is 0 Å². The molecule has 1 rings (SSSR count). The first-order valence-electron chi connectivity index (χ1n) is 4.07. The molecule has 0 spiro atoms. The van der Waals surface area contributed by atoms with Crippen LogP contribution in [0.5, 0.6) is 0 Å². The highest BCUT2D eigenvalue weighted by atomic mass is 31.1. The van der Waals surface area contributed by atoms with E-state index in [0.29, 0.717) is 5.16 Å². The minimum Gasteiger partial charge on any atom is -0.119 e. The van der Waals surface area contributed by atoms with Crippen LogP contribution in [0.4, 0.5) is 0 Å². The zero-order valence-corrected chi connectivity index (χ0v) is 9.00. The van der Waals surface area contributed by atoms with Crippen molar-refractivity contribution in [2.45, 2.75) is 39.8 Å². The van der Waals surface area contributed by atoms with Crippen molar-refractivity contribution >= 4 is 7.53 Å². The summed E-state index contributed by atoms with van der Waals surface area (Å²) in [5, 5.41) is 0.453. The van der Waals surface area contributed by atoms with Gasteiger partial charge in [0, 0.05) is 5.16 Å². The van der Waals surface area contributed by atoms with Crippen LogP contribution in [0.2, 0.25) is 0 Å². The second-order valence-electron chi connectivity index (χ2n) is 4.20. The fourth-order valence-electron chi connectivity index (χ4n) is 1.05. The normalized spacial score (nSPS) is 12.1. The molecule has 0 aliphatic carbocycles. The van der Waals surface area contributed by atoms with Crippen molar-refractivity contribution in [1.82, 2.24) is 0 Å². The maximum absolute atomic E-state index is 2.44. The van der Waals surface area contributed by atoms with Crippen LogP contribution in [0.1, 0.15) is 31.9 Å². The first-order chi connectivity index (χ1) is 4.91. The van der Waals surface area contributed by atoms with Crippen molar-refractivity contribution in [2.75, 3.05) is 0 Å². The van der Waals surface area contributed by atoms with E-state index in [2.05, 4.69) is 46.2 Å². The Kier molecular flexibility index (Phi) is 2.16. The van der Waals surface area contributed by atoms with Crippen molar-refractivity contribution in [3.8, 4) is 0 Å². The smallest absolute Gasteiger partial charge is 0.000294 e. The molecule has 0 saturated carbocycles. The fraction of sp³-hybridized carbons (Fsp3) is 0.600. The first-order valence-corrected chi connectivity index (χ1v) is 5.55. The van der Waals surface area contributed by atoms with Gasteiger partial charge in [0.25, 0.3) is 0 Å². The zero-order valence-electron chi connectivity index (χ0n) is 8.10. The summed E-state index contributed by atoms with van der Waals surface area (Å²) in [5.41, 5.74) is 2.96. The molecule has 0 amide bonds. The standard InChI is InChI=1S/C10H17P/c1-8-6-11(7-9(8)2)10(3,4)5/h6-7H,1-5H3. The average Bonchev–Trinajstić information content (AvgIpc) is 2.11. The third-order valence-corrected chi connectivity index (χ3v) is 4.94. The molecule has 0 aliphatic heterocycles. The summed E-state index contributed by atoms with van der Waals surface area (Å²) in [7, 11) is 0.0111. The quantitative estimate of drug-likeness (QED) is 0.548. The van der Waals surface area contributed by atoms with Gasteiger partial charge in [-0.1, -0.05) is 20.8 Å². The molecule has 0 aliphatic rings. The monoisotopic (exact) mass is 168 g/mol. The SMILES string of the molecule is Cc1cp(C(C)(C)C)cc1C. The van der Waals surface area contributed by atoms with E-state index in [-0.39, 0.29) is 7.53 Å². The van der Waals surface area contributed by atoms with E-state index in [1.54, 1.807) is 0 Å². The summed E-state index contributed by atoms with van der Waals surface area (Å²) in [5.74, 6) is 4.87. The molecular formula is C10H17P. The Labute approximate surface area is 70.7 Å². The molecule has 0 bridgehead atoms. The lowest BCUT2D eigenvalue weighted by atomic mass is 10.2. The molecular weight excluding hydrogens is 151 g/mol. The van der Waals surface area contributed by atoms with Crippen LogP contribution in [0, 0.1) is 13.8 Å². The van der Waals surface area contributed by atoms with E-state index in [1.807, 2.05) is 0 Å². The van der Waals surface area contributed by atoms with Crippen LogP contribution in [-0.2, 0) is 5.16 Å². The molecule has 0 N–H and O–H groups in total. The van der Waals surface area contributed by atoms with Crippen LogP contribution >= 0.6 is 7.53 Å². The lowest BCUT2D eigenvalue weighted by Crippen LogP contribution is -1.98. The minimum absolute atomic E-state index is 0.0111. The zero-order chi connectivity index (χ0) is 8.65. The molecule has 0 aromatic carbocycles. The van der Waals surface area contributed by atoms with Crippen molar-refractivity contribution in [3.05, 3.63) is 22.7 Å². The largest absolute Gasteiger partial charge is 0.119 e. The Bertz CT molecular complexity index is 231. The molecule has 1 aromatic heterocycles. The average molecular weight is 168 g/mol. The molecule has 0 radical (unpaired) electrons. The van der Waals surface area contributed by atoms with Crippen molar-refractivity contribution in [3.63, 3.8) is 0 Å². The summed E-state index contributed by atoms with van der Waals surface area (Å²) >= 11 is 0. The Morgan fingerprint density at radius 2 is 1.36 bits per heavy atom. The van der Waals surface area contributed by atoms with E-state index in [0.717, 1.165) is 0 Å². The van der Waals surface area contributed by atoms with Gasteiger partial charge in [-0.15, -0.1) is 7.53 Å². The van der Waals surface area contributed by atoms with Gasteiger partial charge < -0.3 is 0 Å². The number of hydrogen-bond acceptors (Lipinski definition) is 0. The second-order valence-corrected chi connectivity index (χ2v) is 6.87. The van der Waals surface area contributed by atoms with Gasteiger partial charge in [-0.2, -0.15) is 0 Å². The number of hydrogen-bond donors (Lipinski definition) is 0. The fourth-order valence-corrected chi connectivity index (χ4v) is 3.14. The first kappa shape index (κ1) is 8.87. The predicted molar refractivity (Wildman–Crippen MR) is 53.6 cm³/mol. The molecule has 0 fully saturated rings. The summed E-state index contributed by atoms with van der Waals surface area (Å²) in [6.07, 6.45) is 0. The lowest BCUT2D eigenvalue weighted by Gasteiger charge is -2.17. The van der Waals surface area contributed by atoms with Crippen molar-refractivity contribution in [1.29, 1.82) is 0 Å². The molecule has 0 unspecified atom stereocenters. The minimum atomic E-state index is 0.0111. The van der Waals surface area contributed by atoms with Crippen LogP contribution in [-0.4, -0.2) is 0 Å². The molecule has 0 saturated heterocycles. The van der Waals surface area contributed by atoms with E-state index in [1.165, 1.54) is 11.1 Å². The van der Waals surface area contributed by atoms with E-state index < -0.39 is 0 Å². The van der Waals surface area contributed by atoms with Gasteiger partial charge in [-0.25, -0.2) is 0 Å². The summed E-state index contributed by atoms with van der Waals surface area (Å²) in [4.78, 5) is 0. The molecule has 1 aromatic rings. The highest BCUT2D eigenvalue weighted by Crippen LogP contribution is 2.46. The highest BCUT2D eigenvalue weighted by molar-refractivity contribution is 7.49. The molecule has 62 valence electrons. The van der Waals surface area contributed by atoms with Gasteiger partial charge in [0.1, 0.15) is 0 Å². The van der Waals surface area contributed by atoms with Gasteiger partial charge in [0.05, 0.1) is 0 Å². The van der Waals surface area contributed by atoms with Crippen molar-refractivity contribution < 1.29 is 0 Å². The molecule has 1 heterocycles. The Balaban J connectivity index is 3.08. The van der Waals surface area contributed by atoms with E-state index >= 15 is 0 Å². The van der Waals surface area contributed by atoms with Crippen LogP contribution in [0.25, 0.3) is 0 Å². The van der Waals surface area contributed by atoms with Gasteiger partial charge in [-0.05, 0) is 36.6 Å². The second kappa shape index (κ2) is 2.68. The van der Waals surface area contributed by atoms with Gasteiger partial charge in [0.15, 0.2) is 0 Å². The molecule has 11 heavy (non-hydrogen) atoms. The number of rotatable bonds is 0. The van der Waals surface area contributed by atoms with Crippen molar-refractivity contribution in [2.24, 2.45) is 0 Å². The van der Waals surface area contributed by atoms with Crippen LogP contribution in [0.3, 0.4) is 0 Å². The summed E-state index contributed by atoms with van der Waals surface area (Å²) in [6, 6.07) is 0. The Morgan fingerprint density at radius 1 is 1.00 bits per heavy atom. The van der Waals surface area contributed by atoms with E-state index in [9.17, 15) is 0 Å². The molecule has 1 heteroatoms. The highest BCUT2D eigenvalue weighted by Gasteiger charge is 2.14. The third-order valence-electron chi connectivity index (χ3n) is 2.06. The van der Waals surface area contributed by atoms with Crippen LogP contribution in [0.15, 0.2) is 11.6 Å². The Morgan fingerprint density at radius 3 is 1.55 bits per heavy atom. The third kappa shape index (κ3) is 1.87. The molecule has 0 nitrogen and oxygen atoms in total. The maximum Gasteiger partial charge on any atom is 0.000294 e. The van der Waals surface area contributed by atoms with Gasteiger partial charge >= 0.3 is 0 Å².